The molecule has 1 amide bonds. The molecule has 1 aliphatic carbocycles. The molecule has 2 bridgehead atoms. The van der Waals surface area contributed by atoms with E-state index in [9.17, 15) is 13.6 Å². The van der Waals surface area contributed by atoms with E-state index in [0.29, 0.717) is 24.0 Å². The number of hydrogen-bond acceptors (Lipinski definition) is 5. The number of fused-ring (bicyclic) bond motifs is 2. The lowest BCUT2D eigenvalue weighted by Gasteiger charge is -2.40. The average Bonchev–Trinajstić information content (AvgIpc) is 3.49. The number of halogens is 2. The van der Waals surface area contributed by atoms with Crippen LogP contribution in [-0.4, -0.2) is 50.1 Å². The minimum Gasteiger partial charge on any atom is -0.348 e. The van der Waals surface area contributed by atoms with Crippen LogP contribution in [0.15, 0.2) is 5.38 Å². The third-order valence-electron chi connectivity index (χ3n) is 9.35. The number of carbonyl (C=O) groups is 1. The summed E-state index contributed by atoms with van der Waals surface area (Å²) in [6, 6.07) is 1.43. The van der Waals surface area contributed by atoms with Crippen LogP contribution in [0.4, 0.5) is 8.78 Å². The summed E-state index contributed by atoms with van der Waals surface area (Å²) in [5, 5.41) is 14.3. The van der Waals surface area contributed by atoms with Crippen LogP contribution in [0.5, 0.6) is 0 Å². The monoisotopic (exact) mass is 547 g/mol. The maximum Gasteiger partial charge on any atom is 0.248 e. The lowest BCUT2D eigenvalue weighted by atomic mass is 9.86. The Morgan fingerprint density at radius 1 is 1.08 bits per heavy atom. The van der Waals surface area contributed by atoms with E-state index in [-0.39, 0.29) is 43.6 Å². The van der Waals surface area contributed by atoms with Gasteiger partial charge in [0.1, 0.15) is 11.6 Å². The smallest absolute Gasteiger partial charge is 0.248 e. The number of aryl methyl sites for hydroxylation is 2. The molecule has 6 nitrogen and oxygen atoms in total. The van der Waals surface area contributed by atoms with E-state index in [2.05, 4.69) is 65.0 Å². The summed E-state index contributed by atoms with van der Waals surface area (Å²) < 4.78 is 29.8. The van der Waals surface area contributed by atoms with Gasteiger partial charge in [0.2, 0.25) is 11.8 Å². The molecule has 3 aliphatic rings. The molecule has 1 unspecified atom stereocenters. The quantitative estimate of drug-likeness (QED) is 0.403. The van der Waals surface area contributed by atoms with E-state index in [0.717, 1.165) is 37.5 Å². The van der Waals surface area contributed by atoms with Crippen molar-refractivity contribution in [3.05, 3.63) is 33.0 Å². The molecule has 0 aromatic carbocycles. The highest BCUT2D eigenvalue weighted by atomic mass is 32.1. The zero-order valence-electron chi connectivity index (χ0n) is 23.5. The highest BCUT2D eigenvalue weighted by molar-refractivity contribution is 7.10. The van der Waals surface area contributed by atoms with Crippen LogP contribution >= 0.6 is 11.3 Å². The molecule has 210 valence electrons. The lowest BCUT2D eigenvalue weighted by molar-refractivity contribution is -0.130. The number of nitrogens with one attached hydrogen (secondary N) is 1. The van der Waals surface area contributed by atoms with Crippen molar-refractivity contribution in [1.82, 2.24) is 25.0 Å². The van der Waals surface area contributed by atoms with Gasteiger partial charge in [-0.1, -0.05) is 13.8 Å². The van der Waals surface area contributed by atoms with Gasteiger partial charge in [-0.25, -0.2) is 8.78 Å². The molecule has 0 spiro atoms. The lowest BCUT2D eigenvalue weighted by Crippen LogP contribution is -2.45. The first-order valence-corrected chi connectivity index (χ1v) is 15.3. The normalized spacial score (nSPS) is 26.7. The van der Waals surface area contributed by atoms with Crippen molar-refractivity contribution in [3.8, 4) is 0 Å². The van der Waals surface area contributed by atoms with Crippen LogP contribution in [0.1, 0.15) is 117 Å². The highest BCUT2D eigenvalue weighted by Crippen LogP contribution is 2.43. The summed E-state index contributed by atoms with van der Waals surface area (Å²) in [7, 11) is 0. The van der Waals surface area contributed by atoms with Gasteiger partial charge < -0.3 is 9.88 Å². The second kappa shape index (κ2) is 11.0. The molecule has 2 saturated heterocycles. The van der Waals surface area contributed by atoms with Gasteiger partial charge in [-0.3, -0.25) is 9.69 Å². The Morgan fingerprint density at radius 2 is 1.74 bits per heavy atom. The second-order valence-electron chi connectivity index (χ2n) is 12.3. The molecule has 2 aromatic heterocycles. The van der Waals surface area contributed by atoms with Gasteiger partial charge in [-0.05, 0) is 82.2 Å². The van der Waals surface area contributed by atoms with Crippen molar-refractivity contribution in [2.75, 3.05) is 6.54 Å². The molecular formula is C29H43F2N5OS. The van der Waals surface area contributed by atoms with Crippen molar-refractivity contribution in [2.45, 2.75) is 128 Å². The Hall–Kier alpha value is -1.87. The van der Waals surface area contributed by atoms with E-state index < -0.39 is 5.92 Å². The summed E-state index contributed by atoms with van der Waals surface area (Å²) in [4.78, 5) is 17.1. The standard InChI is InChI=1S/C29H43F2N5OS/c1-17(2)27-34-33-20(5)36(27)24-14-22-6-7-23(15-24)35(22)13-10-25(26-19(4)18(3)16-38-26)32-28(37)21-8-11-29(30,31)12-9-21/h16-17,21-25H,6-15H2,1-5H3,(H,32,37)/t22-,23+,24?,25-/m0/s1. The first kappa shape index (κ1) is 27.7. The fourth-order valence-electron chi connectivity index (χ4n) is 7.06. The number of rotatable bonds is 8. The molecule has 2 aromatic rings. The molecule has 1 saturated carbocycles. The summed E-state index contributed by atoms with van der Waals surface area (Å²) in [5.74, 6) is -0.534. The summed E-state index contributed by atoms with van der Waals surface area (Å²) in [6.07, 6.45) is 5.66. The van der Waals surface area contributed by atoms with E-state index in [1.807, 2.05) is 0 Å². The maximum absolute atomic E-state index is 13.7. The van der Waals surface area contributed by atoms with Gasteiger partial charge in [-0.2, -0.15) is 0 Å². The van der Waals surface area contributed by atoms with E-state index in [1.165, 1.54) is 28.8 Å². The molecule has 1 N–H and O–H groups in total. The van der Waals surface area contributed by atoms with Gasteiger partial charge in [0.15, 0.2) is 0 Å². The first-order chi connectivity index (χ1) is 18.0. The Morgan fingerprint density at radius 3 is 2.32 bits per heavy atom. The fourth-order valence-corrected chi connectivity index (χ4v) is 8.22. The van der Waals surface area contributed by atoms with Gasteiger partial charge in [0.25, 0.3) is 0 Å². The minimum absolute atomic E-state index is 0.0538. The van der Waals surface area contributed by atoms with Gasteiger partial charge in [0.05, 0.1) is 6.04 Å². The number of amides is 1. The molecule has 9 heteroatoms. The number of nitrogens with zero attached hydrogens (tertiary/aromatic N) is 4. The Labute approximate surface area is 229 Å². The number of piperidine rings is 1. The fraction of sp³-hybridized carbons (Fsp3) is 0.759. The third-order valence-corrected chi connectivity index (χ3v) is 10.7. The molecule has 4 atom stereocenters. The summed E-state index contributed by atoms with van der Waals surface area (Å²) in [5.41, 5.74) is 2.48. The van der Waals surface area contributed by atoms with Crippen molar-refractivity contribution in [3.63, 3.8) is 0 Å². The zero-order chi connectivity index (χ0) is 27.2. The first-order valence-electron chi connectivity index (χ1n) is 14.4. The Bertz CT molecular complexity index is 1120. The van der Waals surface area contributed by atoms with E-state index in [4.69, 9.17) is 0 Å². The second-order valence-corrected chi connectivity index (χ2v) is 13.2. The van der Waals surface area contributed by atoms with Gasteiger partial charge in [0, 0.05) is 54.2 Å². The number of hydrogen-bond donors (Lipinski definition) is 1. The summed E-state index contributed by atoms with van der Waals surface area (Å²) in [6.45, 7) is 11.6. The zero-order valence-corrected chi connectivity index (χ0v) is 24.3. The van der Waals surface area contributed by atoms with E-state index >= 15 is 0 Å². The highest BCUT2D eigenvalue weighted by Gasteiger charge is 2.43. The third kappa shape index (κ3) is 5.55. The predicted octanol–water partition coefficient (Wildman–Crippen LogP) is 6.63. The van der Waals surface area contributed by atoms with Crippen LogP contribution in [-0.2, 0) is 4.79 Å². The Balaban J connectivity index is 1.26. The average molecular weight is 548 g/mol. The Kier molecular flexibility index (Phi) is 7.98. The molecule has 4 heterocycles. The predicted molar refractivity (Wildman–Crippen MR) is 147 cm³/mol. The van der Waals surface area contributed by atoms with Crippen molar-refractivity contribution >= 4 is 17.2 Å². The van der Waals surface area contributed by atoms with Gasteiger partial charge >= 0.3 is 0 Å². The number of aromatic nitrogens is 3. The number of alkyl halides is 2. The van der Waals surface area contributed by atoms with Crippen LogP contribution in [0.3, 0.4) is 0 Å². The maximum atomic E-state index is 13.7. The van der Waals surface area contributed by atoms with Crippen LogP contribution < -0.4 is 5.32 Å². The molecule has 5 rings (SSSR count). The van der Waals surface area contributed by atoms with Crippen molar-refractivity contribution in [1.29, 1.82) is 0 Å². The van der Waals surface area contributed by atoms with Crippen molar-refractivity contribution < 1.29 is 13.6 Å². The molecule has 2 aliphatic heterocycles. The topological polar surface area (TPSA) is 63.1 Å². The van der Waals surface area contributed by atoms with Crippen LogP contribution in [0.25, 0.3) is 0 Å². The van der Waals surface area contributed by atoms with E-state index in [1.54, 1.807) is 11.3 Å². The number of carbonyl (C=O) groups excluding carboxylic acids is 1. The van der Waals surface area contributed by atoms with Crippen molar-refractivity contribution in [2.24, 2.45) is 5.92 Å². The van der Waals surface area contributed by atoms with Crippen LogP contribution in [0, 0.1) is 26.7 Å². The SMILES string of the molecule is Cc1csc([C@H](CCN2[C@@H]3CC[C@H]2CC(n2c(C)nnc2C(C)C)C3)NC(=O)C2CCC(F)(F)CC2)c1C. The van der Waals surface area contributed by atoms with Gasteiger partial charge in [-0.15, -0.1) is 21.5 Å². The summed E-state index contributed by atoms with van der Waals surface area (Å²) >= 11 is 1.71. The minimum atomic E-state index is -2.62. The molecule has 0 radical (unpaired) electrons. The molecular weight excluding hydrogens is 504 g/mol. The molecule has 38 heavy (non-hydrogen) atoms. The molecule has 3 fully saturated rings. The van der Waals surface area contributed by atoms with Crippen LogP contribution in [0.2, 0.25) is 0 Å². The largest absolute Gasteiger partial charge is 0.348 e. The number of thiophene rings is 1.